The Morgan fingerprint density at radius 3 is 2.32 bits per heavy atom. The van der Waals surface area contributed by atoms with E-state index in [1.807, 2.05) is 6.92 Å². The number of carboxylic acids is 1. The molecule has 22 heavy (non-hydrogen) atoms. The molecule has 1 atom stereocenters. The molecule has 0 aliphatic rings. The van der Waals surface area contributed by atoms with E-state index in [0.29, 0.717) is 19.4 Å². The fourth-order valence-corrected chi connectivity index (χ4v) is 2.17. The highest BCUT2D eigenvalue weighted by Gasteiger charge is 2.26. The third-order valence-corrected chi connectivity index (χ3v) is 4.10. The third kappa shape index (κ3) is 5.51. The van der Waals surface area contributed by atoms with Gasteiger partial charge in [-0.1, -0.05) is 38.1 Å². The lowest BCUT2D eigenvalue weighted by molar-refractivity contribution is -0.147. The number of nitrogens with one attached hydrogen (secondary N) is 1. The van der Waals surface area contributed by atoms with Crippen LogP contribution in [0.15, 0.2) is 24.3 Å². The minimum Gasteiger partial charge on any atom is -0.481 e. The molecule has 1 aromatic carbocycles. The Hall–Kier alpha value is -1.84. The topological polar surface area (TPSA) is 66.4 Å². The molecule has 0 heterocycles. The smallest absolute Gasteiger partial charge is 0.309 e. The van der Waals surface area contributed by atoms with Crippen LogP contribution in [0.1, 0.15) is 57.6 Å². The minimum atomic E-state index is -0.842. The highest BCUT2D eigenvalue weighted by molar-refractivity contribution is 5.77. The van der Waals surface area contributed by atoms with Crippen molar-refractivity contribution >= 4 is 11.9 Å². The molecule has 1 amide bonds. The monoisotopic (exact) mass is 305 g/mol. The summed E-state index contributed by atoms with van der Waals surface area (Å²) in [7, 11) is 0. The summed E-state index contributed by atoms with van der Waals surface area (Å²) >= 11 is 0. The number of carboxylic acid groups (broad SMARTS) is 1. The summed E-state index contributed by atoms with van der Waals surface area (Å²) in [5.41, 5.74) is 1.63. The normalized spacial score (nSPS) is 12.7. The summed E-state index contributed by atoms with van der Waals surface area (Å²) < 4.78 is 0. The average Bonchev–Trinajstić information content (AvgIpc) is 2.46. The van der Waals surface area contributed by atoms with Crippen LogP contribution in [0.2, 0.25) is 0 Å². The lowest BCUT2D eigenvalue weighted by atomic mass is 9.89. The van der Waals surface area contributed by atoms with Crippen LogP contribution in [0.25, 0.3) is 0 Å². The SMILES string of the molecule is CCc1ccc(C(C)CC(=O)NCCC(C)(C)C(=O)O)cc1. The van der Waals surface area contributed by atoms with E-state index >= 15 is 0 Å². The molecule has 1 aromatic rings. The van der Waals surface area contributed by atoms with Crippen molar-refractivity contribution in [3.63, 3.8) is 0 Å². The number of hydrogen-bond acceptors (Lipinski definition) is 2. The van der Waals surface area contributed by atoms with Crippen molar-refractivity contribution in [1.29, 1.82) is 0 Å². The van der Waals surface area contributed by atoms with Gasteiger partial charge in [0.25, 0.3) is 0 Å². The third-order valence-electron chi connectivity index (χ3n) is 4.10. The van der Waals surface area contributed by atoms with Gasteiger partial charge in [0.1, 0.15) is 0 Å². The molecule has 2 N–H and O–H groups in total. The molecule has 0 aliphatic carbocycles. The van der Waals surface area contributed by atoms with Gasteiger partial charge in [0.05, 0.1) is 5.41 Å². The van der Waals surface area contributed by atoms with Crippen LogP contribution in [0.3, 0.4) is 0 Å². The van der Waals surface area contributed by atoms with Crippen molar-refractivity contribution in [3.05, 3.63) is 35.4 Å². The molecule has 4 nitrogen and oxygen atoms in total. The second-order valence-electron chi connectivity index (χ2n) is 6.49. The summed E-state index contributed by atoms with van der Waals surface area (Å²) in [5, 5.41) is 11.8. The van der Waals surface area contributed by atoms with Crippen LogP contribution < -0.4 is 5.32 Å². The molecular weight excluding hydrogens is 278 g/mol. The first kappa shape index (κ1) is 18.2. The van der Waals surface area contributed by atoms with Crippen LogP contribution in [0.5, 0.6) is 0 Å². The van der Waals surface area contributed by atoms with Gasteiger partial charge in [0.15, 0.2) is 0 Å². The average molecular weight is 305 g/mol. The largest absolute Gasteiger partial charge is 0.481 e. The van der Waals surface area contributed by atoms with Gasteiger partial charge in [-0.15, -0.1) is 0 Å². The predicted molar refractivity (Wildman–Crippen MR) is 87.9 cm³/mol. The van der Waals surface area contributed by atoms with Gasteiger partial charge in [-0.05, 0) is 43.7 Å². The lowest BCUT2D eigenvalue weighted by Gasteiger charge is -2.19. The molecule has 0 bridgehead atoms. The van der Waals surface area contributed by atoms with Gasteiger partial charge >= 0.3 is 5.97 Å². The maximum atomic E-state index is 11.9. The highest BCUT2D eigenvalue weighted by atomic mass is 16.4. The van der Waals surface area contributed by atoms with Gasteiger partial charge in [0, 0.05) is 13.0 Å². The zero-order valence-electron chi connectivity index (χ0n) is 14.0. The van der Waals surface area contributed by atoms with Crippen LogP contribution >= 0.6 is 0 Å². The summed E-state index contributed by atoms with van der Waals surface area (Å²) in [6.07, 6.45) is 1.85. The first-order valence-corrected chi connectivity index (χ1v) is 7.85. The molecule has 0 radical (unpaired) electrons. The quantitative estimate of drug-likeness (QED) is 0.774. The fourth-order valence-electron chi connectivity index (χ4n) is 2.17. The van der Waals surface area contributed by atoms with E-state index in [4.69, 9.17) is 5.11 Å². The van der Waals surface area contributed by atoms with Gasteiger partial charge in [-0.2, -0.15) is 0 Å². The van der Waals surface area contributed by atoms with Gasteiger partial charge in [-0.3, -0.25) is 9.59 Å². The maximum Gasteiger partial charge on any atom is 0.309 e. The Balaban J connectivity index is 2.42. The zero-order chi connectivity index (χ0) is 16.8. The van der Waals surface area contributed by atoms with E-state index in [9.17, 15) is 9.59 Å². The zero-order valence-corrected chi connectivity index (χ0v) is 14.0. The van der Waals surface area contributed by atoms with Crippen LogP contribution in [-0.2, 0) is 16.0 Å². The molecule has 0 fully saturated rings. The standard InChI is InChI=1S/C18H27NO3/c1-5-14-6-8-15(9-7-14)13(2)12-16(20)19-11-10-18(3,4)17(21)22/h6-9,13H,5,10-12H2,1-4H3,(H,19,20)(H,21,22). The van der Waals surface area contributed by atoms with Crippen molar-refractivity contribution in [2.24, 2.45) is 5.41 Å². The molecule has 1 rings (SSSR count). The molecule has 0 aromatic heterocycles. The van der Waals surface area contributed by atoms with E-state index in [0.717, 1.165) is 12.0 Å². The van der Waals surface area contributed by atoms with Crippen molar-refractivity contribution in [1.82, 2.24) is 5.32 Å². The molecule has 122 valence electrons. The number of hydrogen-bond donors (Lipinski definition) is 2. The van der Waals surface area contributed by atoms with Gasteiger partial charge in [-0.25, -0.2) is 0 Å². The molecule has 4 heteroatoms. The van der Waals surface area contributed by atoms with Crippen molar-refractivity contribution in [3.8, 4) is 0 Å². The first-order chi connectivity index (χ1) is 10.3. The first-order valence-electron chi connectivity index (χ1n) is 7.85. The molecule has 0 spiro atoms. The van der Waals surface area contributed by atoms with E-state index in [-0.39, 0.29) is 11.8 Å². The number of carbonyl (C=O) groups is 2. The summed E-state index contributed by atoms with van der Waals surface area (Å²) in [6, 6.07) is 8.34. The molecule has 1 unspecified atom stereocenters. The van der Waals surface area contributed by atoms with E-state index in [2.05, 4.69) is 36.5 Å². The number of aliphatic carboxylic acids is 1. The van der Waals surface area contributed by atoms with Crippen molar-refractivity contribution < 1.29 is 14.7 Å². The van der Waals surface area contributed by atoms with E-state index in [1.165, 1.54) is 5.56 Å². The fraction of sp³-hybridized carbons (Fsp3) is 0.556. The van der Waals surface area contributed by atoms with Crippen molar-refractivity contribution in [2.45, 2.75) is 52.9 Å². The van der Waals surface area contributed by atoms with Crippen molar-refractivity contribution in [2.75, 3.05) is 6.54 Å². The minimum absolute atomic E-state index is 0.0340. The van der Waals surface area contributed by atoms with E-state index in [1.54, 1.807) is 13.8 Å². The lowest BCUT2D eigenvalue weighted by Crippen LogP contribution is -2.32. The summed E-state index contributed by atoms with van der Waals surface area (Å²) in [5.74, 6) is -0.724. The second kappa shape index (κ2) is 7.97. The Morgan fingerprint density at radius 2 is 1.82 bits per heavy atom. The van der Waals surface area contributed by atoms with Crippen LogP contribution in [0, 0.1) is 5.41 Å². The van der Waals surface area contributed by atoms with Gasteiger partial charge < -0.3 is 10.4 Å². The summed E-state index contributed by atoms with van der Waals surface area (Å²) in [4.78, 5) is 22.9. The maximum absolute atomic E-state index is 11.9. The number of carbonyl (C=O) groups excluding carboxylic acids is 1. The number of amides is 1. The van der Waals surface area contributed by atoms with Crippen LogP contribution in [0.4, 0.5) is 0 Å². The molecule has 0 saturated heterocycles. The Morgan fingerprint density at radius 1 is 1.23 bits per heavy atom. The van der Waals surface area contributed by atoms with Gasteiger partial charge in [0.2, 0.25) is 5.91 Å². The summed E-state index contributed by atoms with van der Waals surface area (Å²) in [6.45, 7) is 7.87. The number of aryl methyl sites for hydroxylation is 1. The van der Waals surface area contributed by atoms with Crippen LogP contribution in [-0.4, -0.2) is 23.5 Å². The molecule has 0 aliphatic heterocycles. The molecular formula is C18H27NO3. The number of benzene rings is 1. The Labute approximate surface area is 132 Å². The second-order valence-corrected chi connectivity index (χ2v) is 6.49. The number of rotatable bonds is 8. The Kier molecular flexibility index (Phi) is 6.60. The highest BCUT2D eigenvalue weighted by Crippen LogP contribution is 2.21. The Bertz CT molecular complexity index is 506. The van der Waals surface area contributed by atoms with E-state index < -0.39 is 11.4 Å². The predicted octanol–water partition coefficient (Wildman–Crippen LogP) is 3.36. The molecule has 0 saturated carbocycles.